The molecule has 0 aromatic carbocycles. The van der Waals surface area contributed by atoms with Gasteiger partial charge in [-0.1, -0.05) is 19.4 Å². The van der Waals surface area contributed by atoms with Crippen LogP contribution in [0.1, 0.15) is 27.2 Å². The number of aldehydes is 1. The molecule has 1 aliphatic carbocycles. The van der Waals surface area contributed by atoms with E-state index in [0.717, 1.165) is 18.3 Å². The molecular formula is C10H14O2. The van der Waals surface area contributed by atoms with Crippen molar-refractivity contribution in [3.63, 3.8) is 0 Å². The highest BCUT2D eigenvalue weighted by atomic mass is 16.1. The molecule has 12 heavy (non-hydrogen) atoms. The van der Waals surface area contributed by atoms with E-state index in [1.807, 2.05) is 20.8 Å². The fourth-order valence-electron chi connectivity index (χ4n) is 1.85. The normalized spacial score (nSPS) is 28.1. The number of carbonyl (C=O) groups is 2. The number of allylic oxidation sites excluding steroid dienone is 2. The fourth-order valence-corrected chi connectivity index (χ4v) is 1.85. The summed E-state index contributed by atoms with van der Waals surface area (Å²) in [5, 5.41) is 0. The maximum Gasteiger partial charge on any atom is 0.166 e. The minimum atomic E-state index is -0.443. The second kappa shape index (κ2) is 2.85. The van der Waals surface area contributed by atoms with E-state index >= 15 is 0 Å². The number of hydrogen-bond donors (Lipinski definition) is 0. The number of rotatable bonds is 1. The van der Waals surface area contributed by atoms with Crippen LogP contribution in [0.3, 0.4) is 0 Å². The minimum Gasteiger partial charge on any atom is -0.303 e. The summed E-state index contributed by atoms with van der Waals surface area (Å²) in [7, 11) is 0. The molecule has 66 valence electrons. The van der Waals surface area contributed by atoms with Crippen LogP contribution in [-0.4, -0.2) is 12.1 Å². The van der Waals surface area contributed by atoms with Gasteiger partial charge in [0.05, 0.1) is 5.92 Å². The van der Waals surface area contributed by atoms with Crippen molar-refractivity contribution >= 4 is 12.1 Å². The van der Waals surface area contributed by atoms with Crippen molar-refractivity contribution < 1.29 is 9.59 Å². The van der Waals surface area contributed by atoms with Gasteiger partial charge in [0.15, 0.2) is 5.78 Å². The first-order valence-electron chi connectivity index (χ1n) is 4.13. The predicted molar refractivity (Wildman–Crippen MR) is 46.7 cm³/mol. The summed E-state index contributed by atoms with van der Waals surface area (Å²) in [5.41, 5.74) is 0.876. The maximum atomic E-state index is 11.3. The lowest BCUT2D eigenvalue weighted by Gasteiger charge is -2.32. The van der Waals surface area contributed by atoms with Gasteiger partial charge in [-0.15, -0.1) is 0 Å². The minimum absolute atomic E-state index is 0.0428. The van der Waals surface area contributed by atoms with Crippen LogP contribution in [0.5, 0.6) is 0 Å². The first kappa shape index (κ1) is 9.17. The Morgan fingerprint density at radius 2 is 2.17 bits per heavy atom. The zero-order valence-corrected chi connectivity index (χ0v) is 7.76. The summed E-state index contributed by atoms with van der Waals surface area (Å²) in [6.45, 7) is 5.85. The molecule has 0 saturated heterocycles. The average molecular weight is 166 g/mol. The third-order valence-electron chi connectivity index (χ3n) is 2.41. The summed E-state index contributed by atoms with van der Waals surface area (Å²) in [6.07, 6.45) is 3.19. The molecule has 1 aliphatic rings. The quantitative estimate of drug-likeness (QED) is 0.439. The molecule has 0 bridgehead atoms. The highest BCUT2D eigenvalue weighted by Crippen LogP contribution is 2.37. The fraction of sp³-hybridized carbons (Fsp3) is 0.600. The van der Waals surface area contributed by atoms with E-state index in [4.69, 9.17) is 0 Å². The number of carbonyl (C=O) groups excluding carboxylic acids is 2. The van der Waals surface area contributed by atoms with E-state index in [-0.39, 0.29) is 11.2 Å². The van der Waals surface area contributed by atoms with Crippen LogP contribution in [-0.2, 0) is 9.59 Å². The van der Waals surface area contributed by atoms with Crippen LogP contribution in [0.15, 0.2) is 11.6 Å². The highest BCUT2D eigenvalue weighted by molar-refractivity contribution is 6.02. The summed E-state index contributed by atoms with van der Waals surface area (Å²) in [5.74, 6) is -0.486. The van der Waals surface area contributed by atoms with Gasteiger partial charge >= 0.3 is 0 Å². The molecule has 1 rings (SSSR count). The molecule has 0 saturated carbocycles. The van der Waals surface area contributed by atoms with Crippen molar-refractivity contribution in [1.82, 2.24) is 0 Å². The predicted octanol–water partition coefficient (Wildman–Crippen LogP) is 1.75. The molecule has 0 N–H and O–H groups in total. The highest BCUT2D eigenvalue weighted by Gasteiger charge is 2.36. The van der Waals surface area contributed by atoms with Gasteiger partial charge in [0, 0.05) is 0 Å². The molecule has 0 heterocycles. The molecule has 0 aliphatic heterocycles. The van der Waals surface area contributed by atoms with Crippen LogP contribution in [0.4, 0.5) is 0 Å². The van der Waals surface area contributed by atoms with Crippen molar-refractivity contribution in [2.24, 2.45) is 11.3 Å². The van der Waals surface area contributed by atoms with Gasteiger partial charge in [-0.3, -0.25) is 4.79 Å². The van der Waals surface area contributed by atoms with Crippen LogP contribution < -0.4 is 0 Å². The zero-order valence-electron chi connectivity index (χ0n) is 7.76. The van der Waals surface area contributed by atoms with Gasteiger partial charge in [0.1, 0.15) is 6.29 Å². The van der Waals surface area contributed by atoms with Gasteiger partial charge in [0.2, 0.25) is 0 Å². The summed E-state index contributed by atoms with van der Waals surface area (Å²) < 4.78 is 0. The van der Waals surface area contributed by atoms with Crippen LogP contribution in [0, 0.1) is 11.3 Å². The molecular weight excluding hydrogens is 152 g/mol. The Labute approximate surface area is 72.7 Å². The van der Waals surface area contributed by atoms with Crippen LogP contribution in [0.25, 0.3) is 0 Å². The van der Waals surface area contributed by atoms with Crippen LogP contribution in [0.2, 0.25) is 0 Å². The van der Waals surface area contributed by atoms with Crippen LogP contribution >= 0.6 is 0 Å². The van der Waals surface area contributed by atoms with Gasteiger partial charge in [0.25, 0.3) is 0 Å². The number of hydrogen-bond acceptors (Lipinski definition) is 2. The Bertz CT molecular complexity index is 249. The molecule has 0 fully saturated rings. The van der Waals surface area contributed by atoms with E-state index in [1.54, 1.807) is 6.08 Å². The molecule has 2 heteroatoms. The standard InChI is InChI=1S/C10H14O2/c1-7-4-9(12)8(6-11)10(2,3)5-7/h4,6,8H,5H2,1-3H3. The first-order chi connectivity index (χ1) is 5.47. The molecule has 1 unspecified atom stereocenters. The number of ketones is 1. The van der Waals surface area contributed by atoms with E-state index in [0.29, 0.717) is 0 Å². The first-order valence-corrected chi connectivity index (χ1v) is 4.13. The molecule has 2 nitrogen and oxygen atoms in total. The van der Waals surface area contributed by atoms with Crippen molar-refractivity contribution in [3.05, 3.63) is 11.6 Å². The van der Waals surface area contributed by atoms with E-state index in [9.17, 15) is 9.59 Å². The zero-order chi connectivity index (χ0) is 9.35. The molecule has 1 atom stereocenters. The summed E-state index contributed by atoms with van der Waals surface area (Å²) in [4.78, 5) is 22.0. The van der Waals surface area contributed by atoms with Crippen molar-refractivity contribution in [2.45, 2.75) is 27.2 Å². The molecule has 0 spiro atoms. The topological polar surface area (TPSA) is 34.1 Å². The van der Waals surface area contributed by atoms with E-state index in [1.165, 1.54) is 0 Å². The van der Waals surface area contributed by atoms with Gasteiger partial charge in [-0.05, 0) is 24.8 Å². The monoisotopic (exact) mass is 166 g/mol. The smallest absolute Gasteiger partial charge is 0.166 e. The molecule has 0 amide bonds. The van der Waals surface area contributed by atoms with Crippen molar-refractivity contribution in [3.8, 4) is 0 Å². The Morgan fingerprint density at radius 3 is 2.58 bits per heavy atom. The third kappa shape index (κ3) is 1.47. The molecule has 0 aromatic heterocycles. The molecule has 0 aromatic rings. The van der Waals surface area contributed by atoms with E-state index in [2.05, 4.69) is 0 Å². The van der Waals surface area contributed by atoms with Gasteiger partial charge in [-0.25, -0.2) is 0 Å². The maximum absolute atomic E-state index is 11.3. The lowest BCUT2D eigenvalue weighted by atomic mass is 9.69. The van der Waals surface area contributed by atoms with Gasteiger partial charge < -0.3 is 4.79 Å². The van der Waals surface area contributed by atoms with Crippen molar-refractivity contribution in [1.29, 1.82) is 0 Å². The van der Waals surface area contributed by atoms with Gasteiger partial charge in [-0.2, -0.15) is 0 Å². The second-order valence-corrected chi connectivity index (χ2v) is 4.17. The summed E-state index contributed by atoms with van der Waals surface area (Å²) >= 11 is 0. The Balaban J connectivity index is 3.02. The Kier molecular flexibility index (Phi) is 2.18. The summed E-state index contributed by atoms with van der Waals surface area (Å²) in [6, 6.07) is 0. The lowest BCUT2D eigenvalue weighted by molar-refractivity contribution is -0.128. The largest absolute Gasteiger partial charge is 0.303 e. The Hall–Kier alpha value is -0.920. The average Bonchev–Trinajstić information content (AvgIpc) is 1.82. The third-order valence-corrected chi connectivity index (χ3v) is 2.41. The Morgan fingerprint density at radius 1 is 1.58 bits per heavy atom. The van der Waals surface area contributed by atoms with Crippen molar-refractivity contribution in [2.75, 3.05) is 0 Å². The van der Waals surface area contributed by atoms with E-state index < -0.39 is 5.92 Å². The second-order valence-electron chi connectivity index (χ2n) is 4.17. The molecule has 0 radical (unpaired) electrons. The SMILES string of the molecule is CC1=CC(=O)C(C=O)C(C)(C)C1. The lowest BCUT2D eigenvalue weighted by Crippen LogP contribution is -2.34.